The molecule has 0 saturated carbocycles. The van der Waals surface area contributed by atoms with Gasteiger partial charge in [-0.15, -0.1) is 0 Å². The predicted molar refractivity (Wildman–Crippen MR) is 119 cm³/mol. The van der Waals surface area contributed by atoms with Gasteiger partial charge in [-0.05, 0) is 51.7 Å². The Morgan fingerprint density at radius 1 is 1.30 bits per heavy atom. The maximum absolute atomic E-state index is 12.6. The number of hydrogen-bond acceptors (Lipinski definition) is 5. The van der Waals surface area contributed by atoms with Crippen LogP contribution in [-0.2, 0) is 14.3 Å². The number of carbonyl (C=O) groups is 2. The van der Waals surface area contributed by atoms with Crippen molar-refractivity contribution in [2.75, 3.05) is 26.7 Å². The van der Waals surface area contributed by atoms with Crippen LogP contribution in [0.25, 0.3) is 0 Å². The number of nitrogens with zero attached hydrogens (tertiary/aromatic N) is 2. The van der Waals surface area contributed by atoms with Crippen LogP contribution >= 0.6 is 0 Å². The first-order valence-electron chi connectivity index (χ1n) is 11.1. The Kier molecular flexibility index (Phi) is 8.56. The van der Waals surface area contributed by atoms with Gasteiger partial charge in [0.05, 0.1) is 12.2 Å². The maximum atomic E-state index is 12.6. The van der Waals surface area contributed by atoms with E-state index in [0.29, 0.717) is 32.5 Å². The van der Waals surface area contributed by atoms with Crippen LogP contribution in [0.5, 0.6) is 0 Å². The molecule has 1 aliphatic carbocycles. The van der Waals surface area contributed by atoms with E-state index >= 15 is 0 Å². The lowest BCUT2D eigenvalue weighted by molar-refractivity contribution is -0.127. The second-order valence-electron chi connectivity index (χ2n) is 9.04. The van der Waals surface area contributed by atoms with Gasteiger partial charge in [0, 0.05) is 26.6 Å². The van der Waals surface area contributed by atoms with E-state index in [1.54, 1.807) is 4.90 Å². The number of hydrogen-bond donors (Lipinski definition) is 0. The van der Waals surface area contributed by atoms with Gasteiger partial charge in [-0.1, -0.05) is 32.4 Å². The fourth-order valence-corrected chi connectivity index (χ4v) is 3.52. The number of Topliss-reactive ketones (excluding diaryl/α,β-unsaturated/α-hetero) is 1. The molecule has 1 unspecified atom stereocenters. The van der Waals surface area contributed by atoms with Crippen LogP contribution in [-0.4, -0.2) is 60.1 Å². The molecule has 0 aromatic heterocycles. The number of allylic oxidation sites excluding steroid dienone is 3. The zero-order valence-electron chi connectivity index (χ0n) is 19.5. The summed E-state index contributed by atoms with van der Waals surface area (Å²) in [5.74, 6) is 0.884. The minimum Gasteiger partial charge on any atom is -0.481 e. The van der Waals surface area contributed by atoms with Crippen molar-refractivity contribution in [3.8, 4) is 0 Å². The Morgan fingerprint density at radius 3 is 2.67 bits per heavy atom. The molecule has 0 spiro atoms. The summed E-state index contributed by atoms with van der Waals surface area (Å²) >= 11 is 0. The van der Waals surface area contributed by atoms with E-state index in [4.69, 9.17) is 9.47 Å². The van der Waals surface area contributed by atoms with Crippen LogP contribution in [0.3, 0.4) is 0 Å². The molecule has 1 amide bonds. The quantitative estimate of drug-likeness (QED) is 0.593. The summed E-state index contributed by atoms with van der Waals surface area (Å²) in [7, 11) is 1.94. The molecule has 0 radical (unpaired) electrons. The van der Waals surface area contributed by atoms with Crippen molar-refractivity contribution in [2.45, 2.75) is 78.4 Å². The molecule has 2 aliphatic rings. The maximum Gasteiger partial charge on any atom is 0.410 e. The number of likely N-dealkylation sites (N-methyl/N-ethyl adjacent to an activating group) is 1. The van der Waals surface area contributed by atoms with E-state index in [1.807, 2.05) is 45.7 Å². The average Bonchev–Trinajstić information content (AvgIpc) is 2.91. The molecule has 0 saturated heterocycles. The lowest BCUT2D eigenvalue weighted by Gasteiger charge is -2.27. The van der Waals surface area contributed by atoms with Crippen LogP contribution in [0.1, 0.15) is 66.7 Å². The molecule has 30 heavy (non-hydrogen) atoms. The van der Waals surface area contributed by atoms with Gasteiger partial charge in [-0.3, -0.25) is 4.79 Å². The minimum absolute atomic E-state index is 0.114. The highest BCUT2D eigenvalue weighted by Gasteiger charge is 2.28. The second-order valence-corrected chi connectivity index (χ2v) is 9.04. The van der Waals surface area contributed by atoms with Crippen LogP contribution in [0.4, 0.5) is 4.79 Å². The third kappa shape index (κ3) is 6.92. The van der Waals surface area contributed by atoms with Crippen molar-refractivity contribution >= 4 is 11.9 Å². The molecular formula is C24H38N2O4. The van der Waals surface area contributed by atoms with Gasteiger partial charge < -0.3 is 19.3 Å². The Hall–Kier alpha value is -2.24. The smallest absolute Gasteiger partial charge is 0.410 e. The molecule has 6 heteroatoms. The average molecular weight is 419 g/mol. The molecule has 0 aromatic rings. The second kappa shape index (κ2) is 10.7. The summed E-state index contributed by atoms with van der Waals surface area (Å²) in [6.45, 7) is 11.4. The van der Waals surface area contributed by atoms with Gasteiger partial charge in [0.25, 0.3) is 0 Å². The van der Waals surface area contributed by atoms with Crippen molar-refractivity contribution in [3.63, 3.8) is 0 Å². The normalized spacial score (nSPS) is 19.5. The lowest BCUT2D eigenvalue weighted by Crippen LogP contribution is -2.38. The van der Waals surface area contributed by atoms with Gasteiger partial charge >= 0.3 is 6.09 Å². The number of ketones is 1. The molecule has 2 rings (SSSR count). The summed E-state index contributed by atoms with van der Waals surface area (Å²) in [5, 5.41) is 0. The third-order valence-corrected chi connectivity index (χ3v) is 5.20. The fraction of sp³-hybridized carbons (Fsp3) is 0.667. The number of rotatable bonds is 7. The monoisotopic (exact) mass is 418 g/mol. The molecule has 168 valence electrons. The number of ether oxygens (including phenoxy) is 2. The zero-order valence-corrected chi connectivity index (χ0v) is 19.5. The highest BCUT2D eigenvalue weighted by Crippen LogP contribution is 2.27. The Labute approximate surface area is 181 Å². The van der Waals surface area contributed by atoms with Gasteiger partial charge in [-0.25, -0.2) is 4.79 Å². The molecule has 1 heterocycles. The summed E-state index contributed by atoms with van der Waals surface area (Å²) < 4.78 is 11.7. The van der Waals surface area contributed by atoms with E-state index in [9.17, 15) is 9.59 Å². The summed E-state index contributed by atoms with van der Waals surface area (Å²) in [6.07, 6.45) is 9.61. The highest BCUT2D eigenvalue weighted by molar-refractivity contribution is 5.85. The number of carbonyl (C=O) groups excluding carboxylic acids is 2. The van der Waals surface area contributed by atoms with E-state index in [0.717, 1.165) is 36.3 Å². The minimum atomic E-state index is -0.511. The number of unbranched alkanes of at least 4 members (excludes halogenated alkanes) is 1. The Morgan fingerprint density at radius 2 is 2.03 bits per heavy atom. The lowest BCUT2D eigenvalue weighted by atomic mass is 10.1. The zero-order chi connectivity index (χ0) is 22.3. The fourth-order valence-electron chi connectivity index (χ4n) is 3.52. The first kappa shape index (κ1) is 24.0. The third-order valence-electron chi connectivity index (χ3n) is 5.20. The van der Waals surface area contributed by atoms with Crippen molar-refractivity contribution in [2.24, 2.45) is 0 Å². The van der Waals surface area contributed by atoms with E-state index in [2.05, 4.69) is 19.1 Å². The molecule has 0 aromatic carbocycles. The Balaban J connectivity index is 2.15. The van der Waals surface area contributed by atoms with E-state index in [1.165, 1.54) is 0 Å². The van der Waals surface area contributed by atoms with Crippen molar-refractivity contribution in [1.82, 2.24) is 9.80 Å². The van der Waals surface area contributed by atoms with E-state index < -0.39 is 11.7 Å². The SMILES string of the molecule is CCCCN(CCC1=CC2=C(CC=C1)N(C)CC(=O)C(CC)O2)C(=O)OC(C)(C)C. The predicted octanol–water partition coefficient (Wildman–Crippen LogP) is 4.82. The molecule has 6 nitrogen and oxygen atoms in total. The van der Waals surface area contributed by atoms with Crippen LogP contribution in [0.15, 0.2) is 35.3 Å². The highest BCUT2D eigenvalue weighted by atomic mass is 16.6. The van der Waals surface area contributed by atoms with Crippen molar-refractivity contribution < 1.29 is 19.1 Å². The molecule has 1 aliphatic heterocycles. The van der Waals surface area contributed by atoms with Gasteiger partial charge in [0.2, 0.25) is 0 Å². The summed E-state index contributed by atoms with van der Waals surface area (Å²) in [4.78, 5) is 28.8. The van der Waals surface area contributed by atoms with Crippen LogP contribution in [0, 0.1) is 0 Å². The first-order chi connectivity index (χ1) is 14.1. The molecule has 1 atom stereocenters. The van der Waals surface area contributed by atoms with Crippen molar-refractivity contribution in [1.29, 1.82) is 0 Å². The summed E-state index contributed by atoms with van der Waals surface area (Å²) in [6, 6.07) is 0. The van der Waals surface area contributed by atoms with Crippen LogP contribution < -0.4 is 0 Å². The van der Waals surface area contributed by atoms with Crippen molar-refractivity contribution in [3.05, 3.63) is 35.3 Å². The summed E-state index contributed by atoms with van der Waals surface area (Å²) in [5.41, 5.74) is 1.60. The van der Waals surface area contributed by atoms with Gasteiger partial charge in [0.1, 0.15) is 11.4 Å². The molecule has 0 fully saturated rings. The van der Waals surface area contributed by atoms with E-state index in [-0.39, 0.29) is 11.9 Å². The largest absolute Gasteiger partial charge is 0.481 e. The standard InChI is InChI=1S/C24H38N2O4/c1-7-9-14-26(23(28)30-24(3,4)5)15-13-18-11-10-12-19-22(16-18)29-21(8-2)20(27)17-25(19)6/h10-11,16,21H,7-9,12-15,17H2,1-6H3. The van der Waals surface area contributed by atoms with Gasteiger partial charge in [0.15, 0.2) is 11.9 Å². The topological polar surface area (TPSA) is 59.1 Å². The first-order valence-corrected chi connectivity index (χ1v) is 11.1. The van der Waals surface area contributed by atoms with Gasteiger partial charge in [-0.2, -0.15) is 0 Å². The Bertz CT molecular complexity index is 715. The molecule has 0 N–H and O–H groups in total. The molecular weight excluding hydrogens is 380 g/mol. The molecule has 0 bridgehead atoms. The number of amides is 1. The van der Waals surface area contributed by atoms with Crippen LogP contribution in [0.2, 0.25) is 0 Å².